The molecule has 1 heterocycles. The topological polar surface area (TPSA) is 12.5 Å². The van der Waals surface area contributed by atoms with Crippen molar-refractivity contribution in [3.63, 3.8) is 0 Å². The summed E-state index contributed by atoms with van der Waals surface area (Å²) in [6.07, 6.45) is 3.88. The molecule has 0 aromatic carbocycles. The number of nitrogens with zero attached hydrogens (tertiary/aromatic N) is 1. The van der Waals surface area contributed by atoms with Crippen molar-refractivity contribution in [2.45, 2.75) is 19.3 Å². The van der Waals surface area contributed by atoms with E-state index < -0.39 is 0 Å². The number of alkyl halides is 1. The highest BCUT2D eigenvalue weighted by molar-refractivity contribution is 6.17. The molecule has 0 aliphatic carbocycles. The lowest BCUT2D eigenvalue weighted by Crippen LogP contribution is -2.30. The van der Waals surface area contributed by atoms with Crippen LogP contribution in [0, 0.1) is 0 Å². The molecule has 2 nitrogen and oxygen atoms in total. The summed E-state index contributed by atoms with van der Waals surface area (Å²) in [5.74, 6) is 0.594. The van der Waals surface area contributed by atoms with Gasteiger partial charge in [0.25, 0.3) is 0 Å². The molecule has 0 aromatic heterocycles. The van der Waals surface area contributed by atoms with E-state index in [0.29, 0.717) is 12.5 Å². The number of rotatable bonds is 3. The Bertz CT molecular complexity index is 83.7. The van der Waals surface area contributed by atoms with Gasteiger partial charge in [0.05, 0.1) is 6.61 Å². The zero-order valence-electron chi connectivity index (χ0n) is 6.18. The van der Waals surface area contributed by atoms with Gasteiger partial charge in [0.2, 0.25) is 0 Å². The summed E-state index contributed by atoms with van der Waals surface area (Å²) in [5.41, 5.74) is 0. The molecule has 10 heavy (non-hydrogen) atoms. The molecule has 0 N–H and O–H groups in total. The van der Waals surface area contributed by atoms with Gasteiger partial charge in [-0.05, 0) is 12.8 Å². The number of hydrogen-bond acceptors (Lipinski definition) is 2. The van der Waals surface area contributed by atoms with Crippen molar-refractivity contribution in [1.82, 2.24) is 5.06 Å². The maximum atomic E-state index is 5.47. The van der Waals surface area contributed by atoms with Crippen LogP contribution >= 0.6 is 11.6 Å². The summed E-state index contributed by atoms with van der Waals surface area (Å²) >= 11 is 5.47. The molecule has 0 radical (unpaired) electrons. The molecule has 1 saturated heterocycles. The first-order chi connectivity index (χ1) is 4.93. The predicted octanol–water partition coefficient (Wildman–Crippen LogP) is 1.64. The molecule has 60 valence electrons. The highest BCUT2D eigenvalue weighted by Crippen LogP contribution is 2.08. The van der Waals surface area contributed by atoms with E-state index in [-0.39, 0.29) is 0 Å². The minimum absolute atomic E-state index is 0.594. The minimum Gasteiger partial charge on any atom is -0.298 e. The summed E-state index contributed by atoms with van der Waals surface area (Å²) in [6.45, 7) is 2.81. The SMILES string of the molecule is ClCCON1CCCCC1. The van der Waals surface area contributed by atoms with Gasteiger partial charge < -0.3 is 0 Å². The molecule has 0 amide bonds. The quantitative estimate of drug-likeness (QED) is 0.587. The third kappa shape index (κ3) is 2.86. The van der Waals surface area contributed by atoms with Gasteiger partial charge in [-0.1, -0.05) is 6.42 Å². The molecule has 1 aliphatic rings. The van der Waals surface area contributed by atoms with Crippen molar-refractivity contribution in [3.05, 3.63) is 0 Å². The van der Waals surface area contributed by atoms with E-state index in [0.717, 1.165) is 13.1 Å². The van der Waals surface area contributed by atoms with Crippen LogP contribution < -0.4 is 0 Å². The van der Waals surface area contributed by atoms with Crippen LogP contribution in [0.3, 0.4) is 0 Å². The van der Waals surface area contributed by atoms with Crippen LogP contribution in [0.15, 0.2) is 0 Å². The summed E-state index contributed by atoms with van der Waals surface area (Å²) in [7, 11) is 0. The third-order valence-corrected chi connectivity index (χ3v) is 1.82. The molecule has 3 heteroatoms. The van der Waals surface area contributed by atoms with Crippen molar-refractivity contribution in [3.8, 4) is 0 Å². The molecule has 0 saturated carbocycles. The van der Waals surface area contributed by atoms with Crippen LogP contribution in [0.1, 0.15) is 19.3 Å². The van der Waals surface area contributed by atoms with Crippen LogP contribution in [-0.4, -0.2) is 30.6 Å². The Morgan fingerprint density at radius 3 is 2.50 bits per heavy atom. The van der Waals surface area contributed by atoms with Crippen LogP contribution in [0.5, 0.6) is 0 Å². The molecule has 0 unspecified atom stereocenters. The fourth-order valence-corrected chi connectivity index (χ4v) is 1.23. The van der Waals surface area contributed by atoms with Gasteiger partial charge >= 0.3 is 0 Å². The van der Waals surface area contributed by atoms with Gasteiger partial charge in [0, 0.05) is 19.0 Å². The van der Waals surface area contributed by atoms with Gasteiger partial charge in [-0.3, -0.25) is 4.84 Å². The lowest BCUT2D eigenvalue weighted by molar-refractivity contribution is -0.163. The Hall–Kier alpha value is 0.210. The van der Waals surface area contributed by atoms with Gasteiger partial charge in [0.1, 0.15) is 0 Å². The van der Waals surface area contributed by atoms with Crippen LogP contribution in [0.25, 0.3) is 0 Å². The van der Waals surface area contributed by atoms with Gasteiger partial charge in [0.15, 0.2) is 0 Å². The highest BCUT2D eigenvalue weighted by Gasteiger charge is 2.08. The van der Waals surface area contributed by atoms with Crippen LogP contribution in [-0.2, 0) is 4.84 Å². The van der Waals surface area contributed by atoms with Crippen molar-refractivity contribution >= 4 is 11.6 Å². The molecular weight excluding hydrogens is 150 g/mol. The van der Waals surface area contributed by atoms with E-state index in [4.69, 9.17) is 16.4 Å². The number of hydrogen-bond donors (Lipinski definition) is 0. The average molecular weight is 164 g/mol. The highest BCUT2D eigenvalue weighted by atomic mass is 35.5. The summed E-state index contributed by atoms with van der Waals surface area (Å²) < 4.78 is 0. The van der Waals surface area contributed by atoms with Gasteiger partial charge in [-0.25, -0.2) is 0 Å². The molecule has 0 atom stereocenters. The summed E-state index contributed by atoms with van der Waals surface area (Å²) in [5, 5.41) is 2.02. The first-order valence-corrected chi connectivity index (χ1v) is 4.41. The zero-order chi connectivity index (χ0) is 7.23. The summed E-state index contributed by atoms with van der Waals surface area (Å²) in [6, 6.07) is 0. The Balaban J connectivity index is 2.02. The van der Waals surface area contributed by atoms with E-state index in [1.54, 1.807) is 0 Å². The van der Waals surface area contributed by atoms with Crippen molar-refractivity contribution in [2.24, 2.45) is 0 Å². The van der Waals surface area contributed by atoms with Crippen LogP contribution in [0.4, 0.5) is 0 Å². The Morgan fingerprint density at radius 2 is 1.90 bits per heavy atom. The minimum atomic E-state index is 0.594. The van der Waals surface area contributed by atoms with Crippen LogP contribution in [0.2, 0.25) is 0 Å². The second kappa shape index (κ2) is 4.94. The third-order valence-electron chi connectivity index (χ3n) is 1.67. The zero-order valence-corrected chi connectivity index (χ0v) is 6.94. The smallest absolute Gasteiger partial charge is 0.0820 e. The molecule has 1 aliphatic heterocycles. The second-order valence-electron chi connectivity index (χ2n) is 2.51. The maximum absolute atomic E-state index is 5.47. The Kier molecular flexibility index (Phi) is 4.10. The maximum Gasteiger partial charge on any atom is 0.0820 e. The first-order valence-electron chi connectivity index (χ1n) is 3.87. The standard InChI is InChI=1S/C7H14ClNO/c8-4-7-10-9-5-2-1-3-6-9/h1-7H2. The molecule has 0 aromatic rings. The van der Waals surface area contributed by atoms with E-state index in [9.17, 15) is 0 Å². The molecular formula is C7H14ClNO. The number of halogens is 1. The van der Waals surface area contributed by atoms with E-state index in [1.807, 2.05) is 5.06 Å². The average Bonchev–Trinajstić information content (AvgIpc) is 2.03. The Labute approximate surface area is 67.1 Å². The normalized spacial score (nSPS) is 21.3. The van der Waals surface area contributed by atoms with E-state index in [2.05, 4.69) is 0 Å². The lowest BCUT2D eigenvalue weighted by Gasteiger charge is -2.24. The fourth-order valence-electron chi connectivity index (χ4n) is 1.16. The van der Waals surface area contributed by atoms with Gasteiger partial charge in [-0.2, -0.15) is 5.06 Å². The number of hydroxylamine groups is 2. The van der Waals surface area contributed by atoms with Crippen molar-refractivity contribution < 1.29 is 4.84 Å². The number of piperidine rings is 1. The molecule has 1 rings (SSSR count). The van der Waals surface area contributed by atoms with Crippen molar-refractivity contribution in [2.75, 3.05) is 25.6 Å². The second-order valence-corrected chi connectivity index (χ2v) is 2.89. The first kappa shape index (κ1) is 8.31. The lowest BCUT2D eigenvalue weighted by atomic mass is 10.2. The summed E-state index contributed by atoms with van der Waals surface area (Å²) in [4.78, 5) is 5.33. The Morgan fingerprint density at radius 1 is 1.20 bits per heavy atom. The fraction of sp³-hybridized carbons (Fsp3) is 1.00. The monoisotopic (exact) mass is 163 g/mol. The molecule has 1 fully saturated rings. The predicted molar refractivity (Wildman–Crippen MR) is 42.1 cm³/mol. The van der Waals surface area contributed by atoms with Crippen molar-refractivity contribution in [1.29, 1.82) is 0 Å². The van der Waals surface area contributed by atoms with E-state index in [1.165, 1.54) is 19.3 Å². The molecule has 0 bridgehead atoms. The molecule has 0 spiro atoms. The largest absolute Gasteiger partial charge is 0.298 e. The van der Waals surface area contributed by atoms with Gasteiger partial charge in [-0.15, -0.1) is 11.6 Å². The van der Waals surface area contributed by atoms with E-state index >= 15 is 0 Å².